The zero-order valence-corrected chi connectivity index (χ0v) is 14.9. The van der Waals surface area contributed by atoms with Gasteiger partial charge in [-0.15, -0.1) is 0 Å². The van der Waals surface area contributed by atoms with Crippen molar-refractivity contribution < 1.29 is 4.55 Å². The molecule has 0 bridgehead atoms. The molecule has 0 fully saturated rings. The first-order valence-electron chi connectivity index (χ1n) is 8.28. The first kappa shape index (κ1) is 16.9. The van der Waals surface area contributed by atoms with E-state index in [-0.39, 0.29) is 0 Å². The van der Waals surface area contributed by atoms with E-state index in [1.54, 1.807) is 0 Å². The minimum Gasteiger partial charge on any atom is -0.609 e. The van der Waals surface area contributed by atoms with Gasteiger partial charge >= 0.3 is 5.16 Å². The fourth-order valence-corrected chi connectivity index (χ4v) is 3.66. The molecule has 0 spiro atoms. The third-order valence-electron chi connectivity index (χ3n) is 3.92. The van der Waals surface area contributed by atoms with Crippen LogP contribution in [0.5, 0.6) is 0 Å². The van der Waals surface area contributed by atoms with Crippen molar-refractivity contribution in [2.75, 3.05) is 11.9 Å². The van der Waals surface area contributed by atoms with Crippen LogP contribution in [-0.2, 0) is 16.9 Å². The number of aromatic amines is 1. The van der Waals surface area contributed by atoms with Crippen LogP contribution < -0.4 is 5.32 Å². The van der Waals surface area contributed by atoms with Crippen molar-refractivity contribution in [1.82, 2.24) is 9.97 Å². The highest BCUT2D eigenvalue weighted by Gasteiger charge is 2.18. The van der Waals surface area contributed by atoms with Gasteiger partial charge in [0.15, 0.2) is 0 Å². The fourth-order valence-electron chi connectivity index (χ4n) is 2.56. The average molecular weight is 341 g/mol. The van der Waals surface area contributed by atoms with Crippen LogP contribution in [0.25, 0.3) is 11.0 Å². The molecule has 0 aliphatic rings. The molecule has 1 unspecified atom stereocenters. The van der Waals surface area contributed by atoms with E-state index in [1.807, 2.05) is 48.5 Å². The number of nitrogens with zero attached hydrogens (tertiary/aromatic N) is 1. The molecule has 3 rings (SSSR count). The number of hydrogen-bond donors (Lipinski definition) is 2. The molecule has 2 aromatic carbocycles. The molecule has 2 N–H and O–H groups in total. The second-order valence-electron chi connectivity index (χ2n) is 6.32. The van der Waals surface area contributed by atoms with Gasteiger partial charge in [-0.1, -0.05) is 44.2 Å². The van der Waals surface area contributed by atoms with E-state index in [9.17, 15) is 4.55 Å². The van der Waals surface area contributed by atoms with Crippen LogP contribution in [0.3, 0.4) is 0 Å². The van der Waals surface area contributed by atoms with E-state index in [0.29, 0.717) is 16.8 Å². The standard InChI is InChI=1S/C19H23N3OS/c1-14(2)11-12-20-16-8-4-3-7-15(16)13-24(23)19-21-17-9-5-6-10-18(17)22-19/h3-10,14,20H,11-13H2,1-2H3,(H,21,22). The Balaban J connectivity index is 1.72. The summed E-state index contributed by atoms with van der Waals surface area (Å²) >= 11 is -1.20. The Morgan fingerprint density at radius 3 is 2.67 bits per heavy atom. The zero-order chi connectivity index (χ0) is 16.9. The number of rotatable bonds is 7. The highest BCUT2D eigenvalue weighted by atomic mass is 32.2. The molecule has 3 aromatic rings. The molecule has 0 saturated heterocycles. The number of fused-ring (bicyclic) bond motifs is 1. The Bertz CT molecular complexity index is 767. The normalized spacial score (nSPS) is 12.7. The topological polar surface area (TPSA) is 63.8 Å². The van der Waals surface area contributed by atoms with Gasteiger partial charge in [-0.05, 0) is 30.5 Å². The van der Waals surface area contributed by atoms with Crippen LogP contribution in [0.4, 0.5) is 5.69 Å². The Kier molecular flexibility index (Phi) is 5.43. The summed E-state index contributed by atoms with van der Waals surface area (Å²) in [6.07, 6.45) is 1.11. The van der Waals surface area contributed by atoms with Crippen molar-refractivity contribution >= 4 is 27.9 Å². The second-order valence-corrected chi connectivity index (χ2v) is 7.68. The summed E-state index contributed by atoms with van der Waals surface area (Å²) < 4.78 is 12.7. The lowest BCUT2D eigenvalue weighted by Crippen LogP contribution is -2.11. The number of hydrogen-bond acceptors (Lipinski definition) is 3. The summed E-state index contributed by atoms with van der Waals surface area (Å²) in [5.74, 6) is 1.11. The third kappa shape index (κ3) is 4.10. The van der Waals surface area contributed by atoms with Gasteiger partial charge < -0.3 is 9.87 Å². The van der Waals surface area contributed by atoms with Gasteiger partial charge in [0.1, 0.15) is 5.75 Å². The predicted molar refractivity (Wildman–Crippen MR) is 101 cm³/mol. The molecular weight excluding hydrogens is 318 g/mol. The molecule has 24 heavy (non-hydrogen) atoms. The highest BCUT2D eigenvalue weighted by molar-refractivity contribution is 7.90. The van der Waals surface area contributed by atoms with E-state index in [0.717, 1.165) is 35.2 Å². The number of benzene rings is 2. The maximum absolute atomic E-state index is 12.7. The lowest BCUT2D eigenvalue weighted by atomic mass is 10.1. The SMILES string of the molecule is CC(C)CCNc1ccccc1C[S+]([O-])c1nc2ccccc2[nH]1. The summed E-state index contributed by atoms with van der Waals surface area (Å²) in [6, 6.07) is 15.8. The van der Waals surface area contributed by atoms with Crippen LogP contribution in [0, 0.1) is 5.92 Å². The van der Waals surface area contributed by atoms with E-state index in [2.05, 4.69) is 29.1 Å². The van der Waals surface area contributed by atoms with Crippen LogP contribution in [0.15, 0.2) is 53.7 Å². The maximum atomic E-state index is 12.7. The van der Waals surface area contributed by atoms with Gasteiger partial charge in [-0.3, -0.25) is 4.98 Å². The Labute approximate surface area is 145 Å². The summed E-state index contributed by atoms with van der Waals surface area (Å²) in [5.41, 5.74) is 3.89. The number of anilines is 1. The second kappa shape index (κ2) is 7.73. The van der Waals surface area contributed by atoms with Crippen molar-refractivity contribution in [2.24, 2.45) is 5.92 Å². The number of para-hydroxylation sites is 3. The van der Waals surface area contributed by atoms with Crippen molar-refractivity contribution in [3.63, 3.8) is 0 Å². The maximum Gasteiger partial charge on any atom is 0.321 e. The summed E-state index contributed by atoms with van der Waals surface area (Å²) in [4.78, 5) is 7.61. The third-order valence-corrected chi connectivity index (χ3v) is 5.12. The van der Waals surface area contributed by atoms with Crippen molar-refractivity contribution in [3.05, 3.63) is 54.1 Å². The molecule has 0 saturated carbocycles. The molecule has 1 heterocycles. The Hall–Kier alpha value is -1.98. The summed E-state index contributed by atoms with van der Waals surface area (Å²) in [5, 5.41) is 4.00. The van der Waals surface area contributed by atoms with Crippen LogP contribution >= 0.6 is 0 Å². The van der Waals surface area contributed by atoms with Crippen LogP contribution in [-0.4, -0.2) is 21.1 Å². The van der Waals surface area contributed by atoms with Crippen LogP contribution in [0.2, 0.25) is 0 Å². The Morgan fingerprint density at radius 1 is 1.12 bits per heavy atom. The first-order valence-corrected chi connectivity index (χ1v) is 9.60. The first-order chi connectivity index (χ1) is 11.6. The monoisotopic (exact) mass is 341 g/mol. The molecule has 1 atom stereocenters. The molecule has 5 heteroatoms. The van der Waals surface area contributed by atoms with Crippen molar-refractivity contribution in [2.45, 2.75) is 31.2 Å². The number of aromatic nitrogens is 2. The van der Waals surface area contributed by atoms with Gasteiger partial charge in [0.2, 0.25) is 0 Å². The van der Waals surface area contributed by atoms with Crippen LogP contribution in [0.1, 0.15) is 25.8 Å². The average Bonchev–Trinajstić information content (AvgIpc) is 3.00. The van der Waals surface area contributed by atoms with E-state index < -0.39 is 11.2 Å². The largest absolute Gasteiger partial charge is 0.609 e. The molecule has 1 aromatic heterocycles. The van der Waals surface area contributed by atoms with Gasteiger partial charge in [0, 0.05) is 29.0 Å². The van der Waals surface area contributed by atoms with Gasteiger partial charge in [0.05, 0.1) is 11.0 Å². The quantitative estimate of drug-likeness (QED) is 0.629. The minimum absolute atomic E-state index is 0.449. The molecule has 0 amide bonds. The molecule has 0 radical (unpaired) electrons. The Morgan fingerprint density at radius 2 is 1.88 bits per heavy atom. The van der Waals surface area contributed by atoms with E-state index in [1.165, 1.54) is 0 Å². The van der Waals surface area contributed by atoms with Gasteiger partial charge in [-0.25, -0.2) is 0 Å². The lowest BCUT2D eigenvalue weighted by molar-refractivity contribution is 0.587. The van der Waals surface area contributed by atoms with E-state index in [4.69, 9.17) is 0 Å². The van der Waals surface area contributed by atoms with E-state index >= 15 is 0 Å². The summed E-state index contributed by atoms with van der Waals surface area (Å²) in [6.45, 7) is 5.35. The predicted octanol–water partition coefficient (Wildman–Crippen LogP) is 4.33. The van der Waals surface area contributed by atoms with Crippen molar-refractivity contribution in [1.29, 1.82) is 0 Å². The molecule has 126 valence electrons. The number of imidazole rings is 1. The zero-order valence-electron chi connectivity index (χ0n) is 14.1. The molecule has 4 nitrogen and oxygen atoms in total. The fraction of sp³-hybridized carbons (Fsp3) is 0.316. The summed E-state index contributed by atoms with van der Waals surface area (Å²) in [7, 11) is 0. The van der Waals surface area contributed by atoms with Crippen molar-refractivity contribution in [3.8, 4) is 0 Å². The molecular formula is C19H23N3OS. The minimum atomic E-state index is -1.20. The number of nitrogens with one attached hydrogen (secondary N) is 2. The smallest absolute Gasteiger partial charge is 0.321 e. The highest BCUT2D eigenvalue weighted by Crippen LogP contribution is 2.22. The van der Waals surface area contributed by atoms with Gasteiger partial charge in [-0.2, -0.15) is 4.98 Å². The van der Waals surface area contributed by atoms with Gasteiger partial charge in [0.25, 0.3) is 0 Å². The molecule has 0 aliphatic heterocycles. The lowest BCUT2D eigenvalue weighted by Gasteiger charge is -2.14. The number of H-pyrrole nitrogens is 1. The molecule has 0 aliphatic carbocycles.